The molecule has 4 saturated carbocycles. The molecule has 2 aromatic carbocycles. The number of aromatic nitrogens is 1. The molecule has 1 aliphatic heterocycles. The molecule has 7 nitrogen and oxygen atoms in total. The Balaban J connectivity index is 1.29. The van der Waals surface area contributed by atoms with Crippen LogP contribution in [0.4, 0.5) is 5.69 Å². The zero-order valence-corrected chi connectivity index (χ0v) is 25.1. The highest BCUT2D eigenvalue weighted by atomic mass is 16.5. The molecule has 1 aromatic heterocycles. The van der Waals surface area contributed by atoms with E-state index in [0.717, 1.165) is 41.9 Å². The summed E-state index contributed by atoms with van der Waals surface area (Å²) in [6.07, 6.45) is 8.83. The van der Waals surface area contributed by atoms with Crippen molar-refractivity contribution in [2.45, 2.75) is 64.5 Å². The monoisotopic (exact) mass is 567 g/mol. The number of rotatable bonds is 7. The van der Waals surface area contributed by atoms with Gasteiger partial charge in [-0.3, -0.25) is 14.5 Å². The fourth-order valence-corrected chi connectivity index (χ4v) is 9.00. The first-order chi connectivity index (χ1) is 20.3. The SMILES string of the molecule is COc1ccc(OC)c(C2c3cccn3-c3ccccc3N2C(=O)CN(C(=O)C23CC4CC(CC(C4)C2)C3)C(C)C)c1. The van der Waals surface area contributed by atoms with Crippen LogP contribution in [-0.2, 0) is 9.59 Å². The van der Waals surface area contributed by atoms with Crippen molar-refractivity contribution in [3.8, 4) is 17.2 Å². The standard InChI is InChI=1S/C35H41N3O4/c1-22(2)37(34(40)35-18-23-14-24(19-35)16-25(15-23)20-35)21-32(39)38-29-9-6-5-8-28(29)36-13-7-10-30(36)33(38)27-17-26(41-3)11-12-31(27)42-4/h5-13,17,22-25,33H,14-16,18-21H2,1-4H3. The second-order valence-corrected chi connectivity index (χ2v) is 13.3. The molecule has 3 aromatic rings. The van der Waals surface area contributed by atoms with Gasteiger partial charge in [0.1, 0.15) is 24.1 Å². The highest BCUT2D eigenvalue weighted by Gasteiger charge is 2.56. The van der Waals surface area contributed by atoms with E-state index in [9.17, 15) is 9.59 Å². The van der Waals surface area contributed by atoms with Crippen LogP contribution in [0, 0.1) is 23.2 Å². The Morgan fingerprint density at radius 2 is 1.57 bits per heavy atom. The summed E-state index contributed by atoms with van der Waals surface area (Å²) in [5.74, 6) is 3.45. The predicted molar refractivity (Wildman–Crippen MR) is 162 cm³/mol. The van der Waals surface area contributed by atoms with Crippen LogP contribution in [0.15, 0.2) is 60.8 Å². The molecule has 1 unspecified atom stereocenters. The number of hydrogen-bond donors (Lipinski definition) is 0. The first kappa shape index (κ1) is 27.1. The lowest BCUT2D eigenvalue weighted by Crippen LogP contribution is -2.57. The van der Waals surface area contributed by atoms with Gasteiger partial charge in [-0.25, -0.2) is 0 Å². The van der Waals surface area contributed by atoms with Gasteiger partial charge in [0.25, 0.3) is 0 Å². The molecule has 4 aliphatic carbocycles. The Morgan fingerprint density at radius 1 is 0.905 bits per heavy atom. The lowest BCUT2D eigenvalue weighted by atomic mass is 9.49. The molecule has 4 bridgehead atoms. The molecule has 0 N–H and O–H groups in total. The minimum atomic E-state index is -0.462. The third-order valence-electron chi connectivity index (χ3n) is 10.4. The van der Waals surface area contributed by atoms with Gasteiger partial charge in [-0.2, -0.15) is 0 Å². The number of methoxy groups -OCH3 is 2. The summed E-state index contributed by atoms with van der Waals surface area (Å²) in [5, 5.41) is 0. The molecule has 0 saturated heterocycles. The van der Waals surface area contributed by atoms with E-state index < -0.39 is 6.04 Å². The van der Waals surface area contributed by atoms with E-state index in [1.54, 1.807) is 14.2 Å². The number of anilines is 1. The minimum absolute atomic E-state index is 0.0378. The minimum Gasteiger partial charge on any atom is -0.497 e. The molecular formula is C35H41N3O4. The van der Waals surface area contributed by atoms with Crippen LogP contribution in [-0.4, -0.2) is 48.1 Å². The molecule has 220 valence electrons. The molecule has 5 aliphatic rings. The Bertz CT molecular complexity index is 1490. The van der Waals surface area contributed by atoms with Crippen molar-refractivity contribution in [1.82, 2.24) is 9.47 Å². The zero-order valence-electron chi connectivity index (χ0n) is 25.1. The van der Waals surface area contributed by atoms with Crippen LogP contribution < -0.4 is 14.4 Å². The van der Waals surface area contributed by atoms with E-state index in [2.05, 4.69) is 10.6 Å². The van der Waals surface area contributed by atoms with E-state index in [-0.39, 0.29) is 29.8 Å². The van der Waals surface area contributed by atoms with Gasteiger partial charge in [-0.15, -0.1) is 0 Å². The average Bonchev–Trinajstić information content (AvgIpc) is 3.48. The molecule has 1 atom stereocenters. The second kappa shape index (κ2) is 10.2. The fourth-order valence-electron chi connectivity index (χ4n) is 9.00. The summed E-state index contributed by atoms with van der Waals surface area (Å²) in [4.78, 5) is 33.0. The van der Waals surface area contributed by atoms with Gasteiger partial charge in [0.05, 0.1) is 36.7 Å². The van der Waals surface area contributed by atoms with Crippen molar-refractivity contribution in [2.24, 2.45) is 23.2 Å². The highest BCUT2D eigenvalue weighted by molar-refractivity contribution is 6.01. The number of carbonyl (C=O) groups is 2. The number of para-hydroxylation sites is 2. The first-order valence-corrected chi connectivity index (χ1v) is 15.4. The summed E-state index contributed by atoms with van der Waals surface area (Å²) in [6.45, 7) is 4.13. The van der Waals surface area contributed by atoms with Crippen LogP contribution in [0.25, 0.3) is 5.69 Å². The summed E-state index contributed by atoms with van der Waals surface area (Å²) in [6, 6.07) is 17.2. The number of ether oxygens (including phenoxy) is 2. The van der Waals surface area contributed by atoms with Gasteiger partial charge in [-0.05, 0) is 113 Å². The van der Waals surface area contributed by atoms with E-state index in [4.69, 9.17) is 9.47 Å². The van der Waals surface area contributed by atoms with Gasteiger partial charge in [0.2, 0.25) is 11.8 Å². The van der Waals surface area contributed by atoms with Crippen molar-refractivity contribution in [2.75, 3.05) is 25.7 Å². The smallest absolute Gasteiger partial charge is 0.247 e. The van der Waals surface area contributed by atoms with E-state index in [1.807, 2.05) is 78.4 Å². The Kier molecular flexibility index (Phi) is 6.59. The van der Waals surface area contributed by atoms with Crippen LogP contribution in [0.1, 0.15) is 69.7 Å². The number of fused-ring (bicyclic) bond motifs is 3. The van der Waals surface area contributed by atoms with Crippen LogP contribution in [0.3, 0.4) is 0 Å². The molecule has 8 rings (SSSR count). The van der Waals surface area contributed by atoms with Gasteiger partial charge in [0.15, 0.2) is 0 Å². The maximum absolute atomic E-state index is 14.7. The molecule has 2 heterocycles. The van der Waals surface area contributed by atoms with Crippen LogP contribution in [0.2, 0.25) is 0 Å². The number of hydrogen-bond acceptors (Lipinski definition) is 4. The lowest BCUT2D eigenvalue weighted by Gasteiger charge is -2.57. The van der Waals surface area contributed by atoms with Gasteiger partial charge in [0, 0.05) is 17.8 Å². The topological polar surface area (TPSA) is 64.0 Å². The normalized spacial score (nSPS) is 27.0. The molecule has 42 heavy (non-hydrogen) atoms. The van der Waals surface area contributed by atoms with Gasteiger partial charge < -0.3 is 18.9 Å². The van der Waals surface area contributed by atoms with E-state index >= 15 is 0 Å². The van der Waals surface area contributed by atoms with Crippen LogP contribution in [0.5, 0.6) is 11.5 Å². The summed E-state index contributed by atoms with van der Waals surface area (Å²) in [7, 11) is 3.29. The maximum Gasteiger partial charge on any atom is 0.247 e. The number of nitrogens with zero attached hydrogens (tertiary/aromatic N) is 3. The van der Waals surface area contributed by atoms with Crippen molar-refractivity contribution >= 4 is 17.5 Å². The van der Waals surface area contributed by atoms with E-state index in [1.165, 1.54) is 19.3 Å². The third-order valence-corrected chi connectivity index (χ3v) is 10.4. The number of benzene rings is 2. The third kappa shape index (κ3) is 4.23. The molecule has 2 amide bonds. The maximum atomic E-state index is 14.7. The molecule has 4 fully saturated rings. The zero-order chi connectivity index (χ0) is 29.2. The number of carbonyl (C=O) groups excluding carboxylic acids is 2. The lowest BCUT2D eigenvalue weighted by molar-refractivity contribution is -0.160. The molecular weight excluding hydrogens is 526 g/mol. The first-order valence-electron chi connectivity index (χ1n) is 15.4. The Hall–Kier alpha value is -3.74. The van der Waals surface area contributed by atoms with Crippen molar-refractivity contribution in [3.05, 3.63) is 72.1 Å². The van der Waals surface area contributed by atoms with Crippen molar-refractivity contribution < 1.29 is 19.1 Å². The number of amides is 2. The Labute approximate surface area is 248 Å². The quantitative estimate of drug-likeness (QED) is 0.332. The van der Waals surface area contributed by atoms with E-state index in [0.29, 0.717) is 29.3 Å². The van der Waals surface area contributed by atoms with Crippen molar-refractivity contribution in [1.29, 1.82) is 0 Å². The molecule has 0 radical (unpaired) electrons. The predicted octanol–water partition coefficient (Wildman–Crippen LogP) is 6.38. The average molecular weight is 568 g/mol. The highest BCUT2D eigenvalue weighted by Crippen LogP contribution is 2.60. The summed E-state index contributed by atoms with van der Waals surface area (Å²) >= 11 is 0. The Morgan fingerprint density at radius 3 is 2.19 bits per heavy atom. The fraction of sp³-hybridized carbons (Fsp3) is 0.486. The summed E-state index contributed by atoms with van der Waals surface area (Å²) in [5.41, 5.74) is 3.24. The molecule has 0 spiro atoms. The second-order valence-electron chi connectivity index (χ2n) is 13.3. The van der Waals surface area contributed by atoms with Gasteiger partial charge in [-0.1, -0.05) is 12.1 Å². The molecule has 7 heteroatoms. The largest absolute Gasteiger partial charge is 0.497 e. The van der Waals surface area contributed by atoms with Gasteiger partial charge >= 0.3 is 0 Å². The van der Waals surface area contributed by atoms with Crippen LogP contribution >= 0.6 is 0 Å². The van der Waals surface area contributed by atoms with Crippen molar-refractivity contribution in [3.63, 3.8) is 0 Å². The summed E-state index contributed by atoms with van der Waals surface area (Å²) < 4.78 is 13.6.